The lowest BCUT2D eigenvalue weighted by atomic mass is 9.97. The molecule has 1 aromatic rings. The average molecular weight is 489 g/mol. The third kappa shape index (κ3) is 10.1. The van der Waals surface area contributed by atoms with Gasteiger partial charge in [0.15, 0.2) is 5.78 Å². The number of hydrogen-bond donors (Lipinski definition) is 3. The van der Waals surface area contributed by atoms with Crippen molar-refractivity contribution >= 4 is 30.2 Å². The molecule has 1 aromatic carbocycles. The van der Waals surface area contributed by atoms with Crippen LogP contribution in [0.15, 0.2) is 29.4 Å². The molecule has 1 aliphatic heterocycles. The predicted octanol–water partition coefficient (Wildman–Crippen LogP) is 1.45. The zero-order valence-electron chi connectivity index (χ0n) is 18.3. The smallest absolute Gasteiger partial charge is 0.475 e. The number of hydrazone groups is 1. The first kappa shape index (κ1) is 28.7. The Morgan fingerprint density at radius 2 is 1.91 bits per heavy atom. The molecule has 3 atom stereocenters. The number of piperidine rings is 1. The van der Waals surface area contributed by atoms with Gasteiger partial charge in [-0.3, -0.25) is 4.79 Å². The fourth-order valence-corrected chi connectivity index (χ4v) is 2.84. The van der Waals surface area contributed by atoms with Crippen LogP contribution in [-0.4, -0.2) is 66.8 Å². The summed E-state index contributed by atoms with van der Waals surface area (Å²) in [5.41, 5.74) is 0.746. The molecular weight excluding hydrogens is 463 g/mol. The minimum atomic E-state index is -5.08. The summed E-state index contributed by atoms with van der Waals surface area (Å²) in [6.07, 6.45) is -3.88. The number of ketones is 1. The van der Waals surface area contributed by atoms with Crippen molar-refractivity contribution in [1.29, 1.82) is 0 Å². The van der Waals surface area contributed by atoms with Crippen molar-refractivity contribution in [2.24, 2.45) is 16.9 Å². The standard InChI is InChI=1S/C19H25N3O5.C2HF3O2/c1-13-11-21-9-8-17(13)27-18(16(24)3-2-10-23)19(25)26-15-6-4-14(5-7-15)12-22-20;3-2(4,5)1(6)7/h4-7,10,12-13,17-18,21H,2-3,8-9,11,20H2,1H3;(H,6,7). The molecule has 1 fully saturated rings. The second-order valence-electron chi connectivity index (χ2n) is 7.27. The number of alkyl halides is 3. The first-order valence-electron chi connectivity index (χ1n) is 10.2. The molecule has 188 valence electrons. The number of aliphatic carboxylic acids is 1. The van der Waals surface area contributed by atoms with E-state index in [9.17, 15) is 27.6 Å². The van der Waals surface area contributed by atoms with Crippen LogP contribution in [0.1, 0.15) is 31.7 Å². The molecule has 0 bridgehead atoms. The van der Waals surface area contributed by atoms with Crippen LogP contribution in [-0.2, 0) is 23.9 Å². The number of carbonyl (C=O) groups is 4. The Hall–Kier alpha value is -3.32. The highest BCUT2D eigenvalue weighted by Gasteiger charge is 2.38. The number of carboxylic acids is 1. The summed E-state index contributed by atoms with van der Waals surface area (Å²) < 4.78 is 42.9. The van der Waals surface area contributed by atoms with Crippen LogP contribution in [0.2, 0.25) is 0 Å². The molecule has 13 heteroatoms. The van der Waals surface area contributed by atoms with Gasteiger partial charge in [-0.25, -0.2) is 9.59 Å². The van der Waals surface area contributed by atoms with Crippen LogP contribution in [0.25, 0.3) is 0 Å². The maximum absolute atomic E-state index is 12.6. The average Bonchev–Trinajstić information content (AvgIpc) is 2.78. The number of hydrogen-bond acceptors (Lipinski definition) is 9. The molecule has 0 amide bonds. The number of aldehydes is 1. The van der Waals surface area contributed by atoms with Gasteiger partial charge in [0.2, 0.25) is 6.10 Å². The molecule has 0 spiro atoms. The van der Waals surface area contributed by atoms with Gasteiger partial charge < -0.3 is 30.5 Å². The van der Waals surface area contributed by atoms with E-state index in [-0.39, 0.29) is 30.6 Å². The van der Waals surface area contributed by atoms with E-state index >= 15 is 0 Å². The number of nitrogens with one attached hydrogen (secondary N) is 1. The van der Waals surface area contributed by atoms with Gasteiger partial charge in [-0.05, 0) is 48.7 Å². The van der Waals surface area contributed by atoms with E-state index in [1.807, 2.05) is 6.92 Å². The molecule has 34 heavy (non-hydrogen) atoms. The summed E-state index contributed by atoms with van der Waals surface area (Å²) >= 11 is 0. The van der Waals surface area contributed by atoms with Crippen molar-refractivity contribution in [2.75, 3.05) is 13.1 Å². The Morgan fingerprint density at radius 3 is 2.41 bits per heavy atom. The number of carbonyl (C=O) groups excluding carboxylic acids is 3. The normalized spacial score (nSPS) is 18.9. The summed E-state index contributed by atoms with van der Waals surface area (Å²) in [4.78, 5) is 44.5. The Morgan fingerprint density at radius 1 is 1.29 bits per heavy atom. The van der Waals surface area contributed by atoms with E-state index in [2.05, 4.69) is 10.4 Å². The molecule has 1 heterocycles. The molecule has 1 aliphatic rings. The van der Waals surface area contributed by atoms with Crippen molar-refractivity contribution < 1.29 is 46.9 Å². The molecule has 3 unspecified atom stereocenters. The number of halogens is 3. The zero-order valence-corrected chi connectivity index (χ0v) is 18.3. The first-order valence-corrected chi connectivity index (χ1v) is 10.2. The van der Waals surface area contributed by atoms with Gasteiger partial charge in [0.05, 0.1) is 12.3 Å². The SMILES string of the molecule is CC1CNCCC1OC(C(=O)CCC=O)C(=O)Oc1ccc(C=NN)cc1.O=C(O)C(F)(F)F. The van der Waals surface area contributed by atoms with E-state index in [0.717, 1.165) is 18.7 Å². The van der Waals surface area contributed by atoms with Crippen molar-refractivity contribution in [3.63, 3.8) is 0 Å². The highest BCUT2D eigenvalue weighted by molar-refractivity contribution is 6.03. The summed E-state index contributed by atoms with van der Waals surface area (Å²) in [6, 6.07) is 6.51. The molecule has 0 aromatic heterocycles. The fraction of sp³-hybridized carbons (Fsp3) is 0.476. The number of nitrogens with zero attached hydrogens (tertiary/aromatic N) is 1. The fourth-order valence-electron chi connectivity index (χ4n) is 2.84. The lowest BCUT2D eigenvalue weighted by Gasteiger charge is -2.31. The maximum atomic E-state index is 12.6. The van der Waals surface area contributed by atoms with E-state index in [1.54, 1.807) is 24.3 Å². The van der Waals surface area contributed by atoms with Gasteiger partial charge in [-0.15, -0.1) is 0 Å². The quantitative estimate of drug-likeness (QED) is 0.0888. The van der Waals surface area contributed by atoms with E-state index in [0.29, 0.717) is 12.7 Å². The lowest BCUT2D eigenvalue weighted by molar-refractivity contribution is -0.192. The first-order chi connectivity index (χ1) is 16.0. The molecular formula is C21H26F3N3O7. The van der Waals surface area contributed by atoms with E-state index < -0.39 is 30.0 Å². The largest absolute Gasteiger partial charge is 0.490 e. The number of ether oxygens (including phenoxy) is 2. The Labute approximate surface area is 193 Å². The van der Waals surface area contributed by atoms with Gasteiger partial charge in [-0.2, -0.15) is 18.3 Å². The van der Waals surface area contributed by atoms with Crippen LogP contribution in [0.3, 0.4) is 0 Å². The molecule has 2 rings (SSSR count). The molecule has 1 saturated heterocycles. The van der Waals surface area contributed by atoms with Gasteiger partial charge in [0, 0.05) is 19.4 Å². The Balaban J connectivity index is 0.000000718. The second kappa shape index (κ2) is 14.1. The summed E-state index contributed by atoms with van der Waals surface area (Å²) in [5.74, 6) is 1.54. The number of Topliss-reactive ketones (excluding diaryl/α,β-unsaturated/α-hetero) is 1. The molecule has 10 nitrogen and oxygen atoms in total. The van der Waals surface area contributed by atoms with Gasteiger partial charge in [0.1, 0.15) is 12.0 Å². The third-order valence-electron chi connectivity index (χ3n) is 4.60. The molecule has 0 aliphatic carbocycles. The number of esters is 1. The van der Waals surface area contributed by atoms with Crippen LogP contribution in [0, 0.1) is 5.92 Å². The van der Waals surface area contributed by atoms with Gasteiger partial charge >= 0.3 is 18.1 Å². The van der Waals surface area contributed by atoms with Crippen molar-refractivity contribution in [2.45, 2.75) is 44.6 Å². The highest BCUT2D eigenvalue weighted by atomic mass is 19.4. The molecule has 0 radical (unpaired) electrons. The van der Waals surface area contributed by atoms with Crippen LogP contribution in [0.4, 0.5) is 13.2 Å². The zero-order chi connectivity index (χ0) is 25.7. The Kier molecular flexibility index (Phi) is 11.9. The third-order valence-corrected chi connectivity index (χ3v) is 4.60. The second-order valence-corrected chi connectivity index (χ2v) is 7.27. The van der Waals surface area contributed by atoms with Crippen molar-refractivity contribution in [3.05, 3.63) is 29.8 Å². The Bertz CT molecular complexity index is 860. The minimum Gasteiger partial charge on any atom is -0.475 e. The van der Waals surface area contributed by atoms with Crippen LogP contribution >= 0.6 is 0 Å². The van der Waals surface area contributed by atoms with Crippen molar-refractivity contribution in [1.82, 2.24) is 5.32 Å². The van der Waals surface area contributed by atoms with E-state index in [4.69, 9.17) is 25.2 Å². The number of carboxylic acid groups (broad SMARTS) is 1. The molecule has 4 N–H and O–H groups in total. The lowest BCUT2D eigenvalue weighted by Crippen LogP contribution is -2.46. The predicted molar refractivity (Wildman–Crippen MR) is 113 cm³/mol. The molecule has 0 saturated carbocycles. The topological polar surface area (TPSA) is 157 Å². The number of nitrogens with two attached hydrogens (primary N) is 1. The summed E-state index contributed by atoms with van der Waals surface area (Å²) in [7, 11) is 0. The summed E-state index contributed by atoms with van der Waals surface area (Å²) in [5, 5.41) is 13.8. The maximum Gasteiger partial charge on any atom is 0.490 e. The van der Waals surface area contributed by atoms with Crippen LogP contribution in [0.5, 0.6) is 5.75 Å². The minimum absolute atomic E-state index is 0.0425. The van der Waals surface area contributed by atoms with Gasteiger partial charge in [-0.1, -0.05) is 6.92 Å². The van der Waals surface area contributed by atoms with Crippen molar-refractivity contribution in [3.8, 4) is 5.75 Å². The number of benzene rings is 1. The van der Waals surface area contributed by atoms with E-state index in [1.165, 1.54) is 6.21 Å². The van der Waals surface area contributed by atoms with Crippen LogP contribution < -0.4 is 15.9 Å². The van der Waals surface area contributed by atoms with Gasteiger partial charge in [0.25, 0.3) is 0 Å². The number of rotatable bonds is 9. The monoisotopic (exact) mass is 489 g/mol. The highest BCUT2D eigenvalue weighted by Crippen LogP contribution is 2.20. The summed E-state index contributed by atoms with van der Waals surface area (Å²) in [6.45, 7) is 3.50.